The number of benzene rings is 1. The summed E-state index contributed by atoms with van der Waals surface area (Å²) in [7, 11) is -0.677. The first-order chi connectivity index (χ1) is 9.21. The Bertz CT molecular complexity index is 599. The number of amides is 1. The van der Waals surface area contributed by atoms with Crippen LogP contribution in [0.3, 0.4) is 0 Å². The van der Waals surface area contributed by atoms with Crippen LogP contribution >= 0.6 is 0 Å². The molecule has 0 fully saturated rings. The molecule has 0 aliphatic carbocycles. The maximum absolute atomic E-state index is 12.5. The standard InChI is InChI=1S/C13H21N3O3S/c1-9(13(17)15-3)8-16(4)20(18,19)12-7-5-6-11(14)10(12)2/h5-7,9H,8,14H2,1-4H3,(H,15,17). The summed E-state index contributed by atoms with van der Waals surface area (Å²) in [5, 5.41) is 2.50. The van der Waals surface area contributed by atoms with E-state index in [1.165, 1.54) is 24.5 Å². The van der Waals surface area contributed by atoms with Crippen molar-refractivity contribution in [3.8, 4) is 0 Å². The molecule has 0 aromatic heterocycles. The van der Waals surface area contributed by atoms with Gasteiger partial charge in [0.1, 0.15) is 0 Å². The summed E-state index contributed by atoms with van der Waals surface area (Å²) in [6.07, 6.45) is 0. The predicted molar refractivity (Wildman–Crippen MR) is 78.6 cm³/mol. The van der Waals surface area contributed by atoms with Crippen molar-refractivity contribution in [2.45, 2.75) is 18.7 Å². The van der Waals surface area contributed by atoms with Crippen LogP contribution in [0.5, 0.6) is 0 Å². The van der Waals surface area contributed by atoms with Crippen LogP contribution in [0.15, 0.2) is 23.1 Å². The largest absolute Gasteiger partial charge is 0.398 e. The van der Waals surface area contributed by atoms with Gasteiger partial charge in [-0.2, -0.15) is 0 Å². The van der Waals surface area contributed by atoms with E-state index >= 15 is 0 Å². The number of nitrogens with one attached hydrogen (secondary N) is 1. The molecule has 0 bridgehead atoms. The van der Waals surface area contributed by atoms with E-state index in [-0.39, 0.29) is 17.3 Å². The van der Waals surface area contributed by atoms with Crippen LogP contribution in [0, 0.1) is 12.8 Å². The molecule has 1 aromatic rings. The number of sulfonamides is 1. The van der Waals surface area contributed by atoms with Crippen molar-refractivity contribution >= 4 is 21.6 Å². The first kappa shape index (κ1) is 16.5. The summed E-state index contributed by atoms with van der Waals surface area (Å²) in [5.41, 5.74) is 6.69. The second-order valence-corrected chi connectivity index (χ2v) is 6.78. The lowest BCUT2D eigenvalue weighted by Gasteiger charge is -2.21. The number of nitrogen functional groups attached to an aromatic ring is 1. The molecule has 112 valence electrons. The zero-order valence-electron chi connectivity index (χ0n) is 12.2. The van der Waals surface area contributed by atoms with Crippen LogP contribution in [0.1, 0.15) is 12.5 Å². The van der Waals surface area contributed by atoms with Gasteiger partial charge in [0, 0.05) is 32.2 Å². The van der Waals surface area contributed by atoms with Crippen molar-refractivity contribution in [1.82, 2.24) is 9.62 Å². The molecule has 1 amide bonds. The average molecular weight is 299 g/mol. The third kappa shape index (κ3) is 3.29. The van der Waals surface area contributed by atoms with Crippen LogP contribution in [-0.2, 0) is 14.8 Å². The Hall–Kier alpha value is -1.60. The Kier molecular flexibility index (Phi) is 5.13. The Morgan fingerprint density at radius 3 is 2.60 bits per heavy atom. The summed E-state index contributed by atoms with van der Waals surface area (Å²) in [4.78, 5) is 11.6. The normalized spacial score (nSPS) is 13.2. The maximum atomic E-state index is 12.5. The van der Waals surface area contributed by atoms with Crippen LogP contribution in [0.2, 0.25) is 0 Å². The number of hydrogen-bond donors (Lipinski definition) is 2. The molecular formula is C13H21N3O3S. The van der Waals surface area contributed by atoms with Gasteiger partial charge in [-0.3, -0.25) is 4.79 Å². The zero-order valence-corrected chi connectivity index (χ0v) is 13.0. The minimum atomic E-state index is -3.66. The molecule has 7 heteroatoms. The monoisotopic (exact) mass is 299 g/mol. The second kappa shape index (κ2) is 6.23. The minimum Gasteiger partial charge on any atom is -0.398 e. The highest BCUT2D eigenvalue weighted by molar-refractivity contribution is 7.89. The van der Waals surface area contributed by atoms with Gasteiger partial charge in [0.25, 0.3) is 0 Å². The summed E-state index contributed by atoms with van der Waals surface area (Å²) < 4.78 is 26.2. The van der Waals surface area contributed by atoms with Gasteiger partial charge in [0.05, 0.1) is 4.90 Å². The lowest BCUT2D eigenvalue weighted by Crippen LogP contribution is -2.37. The quantitative estimate of drug-likeness (QED) is 0.778. The molecule has 0 aliphatic heterocycles. The van der Waals surface area contributed by atoms with Gasteiger partial charge >= 0.3 is 0 Å². The Morgan fingerprint density at radius 1 is 1.45 bits per heavy atom. The van der Waals surface area contributed by atoms with E-state index in [0.717, 1.165) is 0 Å². The third-order valence-corrected chi connectivity index (χ3v) is 5.21. The maximum Gasteiger partial charge on any atom is 0.243 e. The molecule has 0 heterocycles. The highest BCUT2D eigenvalue weighted by atomic mass is 32.2. The van der Waals surface area contributed by atoms with Crippen molar-refractivity contribution in [2.75, 3.05) is 26.4 Å². The van der Waals surface area contributed by atoms with E-state index < -0.39 is 15.9 Å². The van der Waals surface area contributed by atoms with Gasteiger partial charge in [-0.15, -0.1) is 0 Å². The minimum absolute atomic E-state index is 0.107. The fraction of sp³-hybridized carbons (Fsp3) is 0.462. The lowest BCUT2D eigenvalue weighted by atomic mass is 10.2. The van der Waals surface area contributed by atoms with E-state index in [1.54, 1.807) is 26.0 Å². The fourth-order valence-electron chi connectivity index (χ4n) is 1.89. The second-order valence-electron chi connectivity index (χ2n) is 4.77. The van der Waals surface area contributed by atoms with E-state index in [1.807, 2.05) is 0 Å². The number of nitrogens with two attached hydrogens (primary N) is 1. The Morgan fingerprint density at radius 2 is 2.05 bits per heavy atom. The molecule has 0 aliphatic rings. The molecule has 0 saturated heterocycles. The first-order valence-corrected chi connectivity index (χ1v) is 7.68. The molecule has 3 N–H and O–H groups in total. The molecule has 1 rings (SSSR count). The molecule has 1 atom stereocenters. The predicted octanol–water partition coefficient (Wildman–Crippen LogP) is 0.580. The molecule has 20 heavy (non-hydrogen) atoms. The molecule has 0 spiro atoms. The van der Waals surface area contributed by atoms with Gasteiger partial charge in [-0.05, 0) is 24.6 Å². The summed E-state index contributed by atoms with van der Waals surface area (Å²) >= 11 is 0. The molecule has 6 nitrogen and oxygen atoms in total. The zero-order chi connectivity index (χ0) is 15.5. The average Bonchev–Trinajstić information content (AvgIpc) is 2.40. The topological polar surface area (TPSA) is 92.5 Å². The fourth-order valence-corrected chi connectivity index (χ4v) is 3.40. The molecule has 1 aromatic carbocycles. The number of carbonyl (C=O) groups is 1. The summed E-state index contributed by atoms with van der Waals surface area (Å²) in [5.74, 6) is -0.627. The number of rotatable bonds is 5. The highest BCUT2D eigenvalue weighted by Gasteiger charge is 2.26. The van der Waals surface area contributed by atoms with Crippen LogP contribution in [0.25, 0.3) is 0 Å². The van der Waals surface area contributed by atoms with Gasteiger partial charge in [0.15, 0.2) is 0 Å². The highest BCUT2D eigenvalue weighted by Crippen LogP contribution is 2.23. The summed E-state index contributed by atoms with van der Waals surface area (Å²) in [6.45, 7) is 3.45. The van der Waals surface area contributed by atoms with Crippen LogP contribution in [-0.4, -0.2) is 39.3 Å². The van der Waals surface area contributed by atoms with Gasteiger partial charge in [-0.1, -0.05) is 13.0 Å². The van der Waals surface area contributed by atoms with Crippen LogP contribution in [0.4, 0.5) is 5.69 Å². The van der Waals surface area contributed by atoms with Crippen LogP contribution < -0.4 is 11.1 Å². The van der Waals surface area contributed by atoms with E-state index in [4.69, 9.17) is 5.73 Å². The summed E-state index contributed by atoms with van der Waals surface area (Å²) in [6, 6.07) is 4.77. The van der Waals surface area contributed by atoms with E-state index in [0.29, 0.717) is 11.3 Å². The Balaban J connectivity index is 3.05. The molecule has 1 unspecified atom stereocenters. The number of nitrogens with zero attached hydrogens (tertiary/aromatic N) is 1. The first-order valence-electron chi connectivity index (χ1n) is 6.24. The van der Waals surface area contributed by atoms with Crippen molar-refractivity contribution in [3.05, 3.63) is 23.8 Å². The smallest absolute Gasteiger partial charge is 0.243 e. The van der Waals surface area contributed by atoms with Gasteiger partial charge < -0.3 is 11.1 Å². The van der Waals surface area contributed by atoms with E-state index in [9.17, 15) is 13.2 Å². The van der Waals surface area contributed by atoms with Crippen molar-refractivity contribution in [2.24, 2.45) is 5.92 Å². The van der Waals surface area contributed by atoms with Gasteiger partial charge in [-0.25, -0.2) is 12.7 Å². The lowest BCUT2D eigenvalue weighted by molar-refractivity contribution is -0.124. The third-order valence-electron chi connectivity index (χ3n) is 3.24. The van der Waals surface area contributed by atoms with Crippen molar-refractivity contribution < 1.29 is 13.2 Å². The SMILES string of the molecule is CNC(=O)C(C)CN(C)S(=O)(=O)c1cccc(N)c1C. The molecule has 0 saturated carbocycles. The molecular weight excluding hydrogens is 278 g/mol. The number of carbonyl (C=O) groups excluding carboxylic acids is 1. The van der Waals surface area contributed by atoms with Crippen molar-refractivity contribution in [1.29, 1.82) is 0 Å². The van der Waals surface area contributed by atoms with Gasteiger partial charge in [0.2, 0.25) is 15.9 Å². The molecule has 0 radical (unpaired) electrons. The number of anilines is 1. The number of hydrogen-bond acceptors (Lipinski definition) is 4. The Labute approximate surface area is 120 Å². The van der Waals surface area contributed by atoms with E-state index in [2.05, 4.69) is 5.32 Å². The van der Waals surface area contributed by atoms with Crippen molar-refractivity contribution in [3.63, 3.8) is 0 Å².